The predicted octanol–water partition coefficient (Wildman–Crippen LogP) is 2.62. The highest BCUT2D eigenvalue weighted by Gasteiger charge is 2.34. The van der Waals surface area contributed by atoms with Gasteiger partial charge in [0.05, 0.1) is 24.9 Å². The molecular weight excluding hydrogens is 278 g/mol. The van der Waals surface area contributed by atoms with Crippen molar-refractivity contribution in [2.24, 2.45) is 13.0 Å². The fourth-order valence-corrected chi connectivity index (χ4v) is 2.65. The average Bonchev–Trinajstić information content (AvgIpc) is 3.32. The topological polar surface area (TPSA) is 56.1 Å². The maximum absolute atomic E-state index is 12.5. The van der Waals surface area contributed by atoms with Gasteiger partial charge in [0.2, 0.25) is 0 Å². The van der Waals surface area contributed by atoms with E-state index in [0.717, 1.165) is 29.8 Å². The van der Waals surface area contributed by atoms with Crippen molar-refractivity contribution >= 4 is 5.91 Å². The third-order valence-electron chi connectivity index (χ3n) is 4.33. The first kappa shape index (κ1) is 14.6. The van der Waals surface area contributed by atoms with Crippen LogP contribution in [-0.4, -0.2) is 22.8 Å². The van der Waals surface area contributed by atoms with Crippen LogP contribution in [-0.2, 0) is 7.05 Å². The largest absolute Gasteiger partial charge is 0.497 e. The second kappa shape index (κ2) is 5.83. The Bertz CT molecular complexity index is 672. The summed E-state index contributed by atoms with van der Waals surface area (Å²) in [5.41, 5.74) is 2.64. The third-order valence-corrected chi connectivity index (χ3v) is 4.33. The third kappa shape index (κ3) is 2.84. The maximum atomic E-state index is 12.5. The van der Waals surface area contributed by atoms with E-state index in [4.69, 9.17) is 4.74 Å². The van der Waals surface area contributed by atoms with Crippen LogP contribution in [0.4, 0.5) is 0 Å². The molecule has 5 nitrogen and oxygen atoms in total. The van der Waals surface area contributed by atoms with Gasteiger partial charge in [0.1, 0.15) is 5.75 Å². The Hall–Kier alpha value is -2.30. The SMILES string of the molecule is COc1ccc(C(NC(=O)c2cnn(C)c2C)C2CC2)cc1. The zero-order chi connectivity index (χ0) is 15.7. The van der Waals surface area contributed by atoms with Crippen LogP contribution in [0.15, 0.2) is 30.5 Å². The van der Waals surface area contributed by atoms with E-state index in [1.807, 2.05) is 38.2 Å². The van der Waals surface area contributed by atoms with Crippen LogP contribution in [0.3, 0.4) is 0 Å². The number of aromatic nitrogens is 2. The lowest BCUT2D eigenvalue weighted by molar-refractivity contribution is 0.0931. The van der Waals surface area contributed by atoms with Crippen molar-refractivity contribution < 1.29 is 9.53 Å². The zero-order valence-corrected chi connectivity index (χ0v) is 13.2. The van der Waals surface area contributed by atoms with Crippen LogP contribution in [0.25, 0.3) is 0 Å². The lowest BCUT2D eigenvalue weighted by Gasteiger charge is -2.19. The summed E-state index contributed by atoms with van der Waals surface area (Å²) in [5, 5.41) is 7.31. The Balaban J connectivity index is 1.79. The summed E-state index contributed by atoms with van der Waals surface area (Å²) < 4.78 is 6.91. The van der Waals surface area contributed by atoms with E-state index < -0.39 is 0 Å². The highest BCUT2D eigenvalue weighted by Crippen LogP contribution is 2.41. The minimum Gasteiger partial charge on any atom is -0.497 e. The van der Waals surface area contributed by atoms with E-state index in [1.54, 1.807) is 18.0 Å². The summed E-state index contributed by atoms with van der Waals surface area (Å²) in [6, 6.07) is 7.98. The fraction of sp³-hybridized carbons (Fsp3) is 0.412. The number of hydrogen-bond acceptors (Lipinski definition) is 3. The molecule has 1 unspecified atom stereocenters. The number of hydrogen-bond donors (Lipinski definition) is 1. The number of carbonyl (C=O) groups excluding carboxylic acids is 1. The van der Waals surface area contributed by atoms with Gasteiger partial charge in [0.15, 0.2) is 0 Å². The number of amides is 1. The standard InChI is InChI=1S/C17H21N3O2/c1-11-15(10-18-20(11)2)17(21)19-16(12-4-5-12)13-6-8-14(22-3)9-7-13/h6-10,12,16H,4-5H2,1-3H3,(H,19,21). The number of methoxy groups -OCH3 is 1. The molecule has 1 heterocycles. The first-order chi connectivity index (χ1) is 10.6. The minimum atomic E-state index is -0.0571. The molecule has 1 amide bonds. The van der Waals surface area contributed by atoms with E-state index in [0.29, 0.717) is 11.5 Å². The molecule has 0 bridgehead atoms. The lowest BCUT2D eigenvalue weighted by atomic mass is 10.0. The van der Waals surface area contributed by atoms with Gasteiger partial charge in [0, 0.05) is 12.7 Å². The molecule has 1 aromatic heterocycles. The summed E-state index contributed by atoms with van der Waals surface area (Å²) in [5.74, 6) is 1.29. The number of benzene rings is 1. The second-order valence-electron chi connectivity index (χ2n) is 5.83. The quantitative estimate of drug-likeness (QED) is 0.923. The van der Waals surface area contributed by atoms with Crippen molar-refractivity contribution in [1.82, 2.24) is 15.1 Å². The fourth-order valence-electron chi connectivity index (χ4n) is 2.65. The summed E-state index contributed by atoms with van der Waals surface area (Å²) in [7, 11) is 3.49. The Kier molecular flexibility index (Phi) is 3.88. The lowest BCUT2D eigenvalue weighted by Crippen LogP contribution is -2.30. The van der Waals surface area contributed by atoms with E-state index in [-0.39, 0.29) is 11.9 Å². The molecule has 1 atom stereocenters. The monoisotopic (exact) mass is 299 g/mol. The van der Waals surface area contributed by atoms with Crippen LogP contribution >= 0.6 is 0 Å². The van der Waals surface area contributed by atoms with E-state index in [2.05, 4.69) is 10.4 Å². The van der Waals surface area contributed by atoms with Gasteiger partial charge in [-0.25, -0.2) is 0 Å². The van der Waals surface area contributed by atoms with Gasteiger partial charge >= 0.3 is 0 Å². The van der Waals surface area contributed by atoms with Gasteiger partial charge in [-0.05, 0) is 43.4 Å². The normalized spacial score (nSPS) is 15.4. The van der Waals surface area contributed by atoms with Gasteiger partial charge in [-0.3, -0.25) is 9.48 Å². The number of ether oxygens (including phenoxy) is 1. The molecule has 0 radical (unpaired) electrons. The van der Waals surface area contributed by atoms with Gasteiger partial charge < -0.3 is 10.1 Å². The number of nitrogens with zero attached hydrogens (tertiary/aromatic N) is 2. The Morgan fingerprint density at radius 3 is 2.55 bits per heavy atom. The van der Waals surface area contributed by atoms with Crippen molar-refractivity contribution in [3.05, 3.63) is 47.3 Å². The molecule has 2 aromatic rings. The van der Waals surface area contributed by atoms with Gasteiger partial charge in [-0.2, -0.15) is 5.10 Å². The number of nitrogens with one attached hydrogen (secondary N) is 1. The molecule has 0 saturated heterocycles. The molecule has 3 rings (SSSR count). The van der Waals surface area contributed by atoms with Crippen LogP contribution in [0.1, 0.15) is 40.5 Å². The van der Waals surface area contributed by atoms with Crippen molar-refractivity contribution in [2.45, 2.75) is 25.8 Å². The summed E-state index contributed by atoms with van der Waals surface area (Å²) in [4.78, 5) is 12.5. The van der Waals surface area contributed by atoms with Crippen molar-refractivity contribution in [1.29, 1.82) is 0 Å². The van der Waals surface area contributed by atoms with Gasteiger partial charge in [0.25, 0.3) is 5.91 Å². The van der Waals surface area contributed by atoms with E-state index in [9.17, 15) is 4.79 Å². The molecule has 0 aliphatic heterocycles. The minimum absolute atomic E-state index is 0.0537. The molecule has 1 saturated carbocycles. The van der Waals surface area contributed by atoms with Crippen LogP contribution < -0.4 is 10.1 Å². The van der Waals surface area contributed by atoms with E-state index in [1.165, 1.54) is 0 Å². The van der Waals surface area contributed by atoms with Crippen molar-refractivity contribution in [2.75, 3.05) is 7.11 Å². The summed E-state index contributed by atoms with van der Waals surface area (Å²) >= 11 is 0. The highest BCUT2D eigenvalue weighted by molar-refractivity contribution is 5.95. The summed E-state index contributed by atoms with van der Waals surface area (Å²) in [6.07, 6.45) is 3.94. The smallest absolute Gasteiger partial charge is 0.255 e. The Morgan fingerprint density at radius 1 is 1.36 bits per heavy atom. The summed E-state index contributed by atoms with van der Waals surface area (Å²) in [6.45, 7) is 1.90. The maximum Gasteiger partial charge on any atom is 0.255 e. The molecule has 5 heteroatoms. The average molecular weight is 299 g/mol. The molecular formula is C17H21N3O2. The molecule has 116 valence electrons. The number of rotatable bonds is 5. The van der Waals surface area contributed by atoms with Gasteiger partial charge in [-0.15, -0.1) is 0 Å². The number of carbonyl (C=O) groups is 1. The van der Waals surface area contributed by atoms with Crippen LogP contribution in [0, 0.1) is 12.8 Å². The molecule has 22 heavy (non-hydrogen) atoms. The second-order valence-corrected chi connectivity index (χ2v) is 5.83. The van der Waals surface area contributed by atoms with Crippen molar-refractivity contribution in [3.63, 3.8) is 0 Å². The molecule has 1 aliphatic rings. The molecule has 1 fully saturated rings. The molecule has 0 spiro atoms. The zero-order valence-electron chi connectivity index (χ0n) is 13.2. The van der Waals surface area contributed by atoms with Crippen molar-refractivity contribution in [3.8, 4) is 5.75 Å². The Morgan fingerprint density at radius 2 is 2.05 bits per heavy atom. The predicted molar refractivity (Wildman–Crippen MR) is 83.9 cm³/mol. The number of aryl methyl sites for hydroxylation is 1. The van der Waals surface area contributed by atoms with Crippen LogP contribution in [0.5, 0.6) is 5.75 Å². The van der Waals surface area contributed by atoms with Gasteiger partial charge in [-0.1, -0.05) is 12.1 Å². The first-order valence-electron chi connectivity index (χ1n) is 7.53. The Labute approximate surface area is 130 Å². The highest BCUT2D eigenvalue weighted by atomic mass is 16.5. The molecule has 1 N–H and O–H groups in total. The molecule has 1 aliphatic carbocycles. The first-order valence-corrected chi connectivity index (χ1v) is 7.53. The van der Waals surface area contributed by atoms with E-state index >= 15 is 0 Å². The van der Waals surface area contributed by atoms with Crippen LogP contribution in [0.2, 0.25) is 0 Å². The molecule has 1 aromatic carbocycles.